The molecule has 0 aliphatic carbocycles. The van der Waals surface area contributed by atoms with Crippen molar-refractivity contribution in [2.75, 3.05) is 6.61 Å². The highest BCUT2D eigenvalue weighted by Gasteiger charge is 2.09. The molecule has 0 fully saturated rings. The molecule has 0 bridgehead atoms. The molecule has 0 aromatic rings. The lowest BCUT2D eigenvalue weighted by Crippen LogP contribution is -2.21. The molecule has 0 aliphatic heterocycles. The summed E-state index contributed by atoms with van der Waals surface area (Å²) in [4.78, 5) is 21.2. The minimum atomic E-state index is -0.476. The van der Waals surface area contributed by atoms with Crippen LogP contribution in [0.4, 0.5) is 0 Å². The van der Waals surface area contributed by atoms with Crippen LogP contribution >= 0.6 is 0 Å². The zero-order chi connectivity index (χ0) is 11.0. The van der Waals surface area contributed by atoms with Gasteiger partial charge in [-0.3, -0.25) is 9.59 Å². The molecule has 0 rings (SSSR count). The average Bonchev–Trinajstić information content (AvgIpc) is 2.09. The van der Waals surface area contributed by atoms with E-state index in [4.69, 9.17) is 9.47 Å². The molecule has 80 valence electrons. The summed E-state index contributed by atoms with van der Waals surface area (Å²) in [6.07, 6.45) is 3.94. The Balaban J connectivity index is 4.03. The van der Waals surface area contributed by atoms with Crippen LogP contribution in [0.2, 0.25) is 0 Å². The predicted octanol–water partition coefficient (Wildman–Crippen LogP) is 1.45. The maximum absolute atomic E-state index is 10.7. The highest BCUT2D eigenvalue weighted by molar-refractivity contribution is 5.67. The van der Waals surface area contributed by atoms with Crippen LogP contribution < -0.4 is 0 Å². The van der Waals surface area contributed by atoms with Gasteiger partial charge in [-0.1, -0.05) is 13.0 Å². The van der Waals surface area contributed by atoms with Crippen LogP contribution in [-0.4, -0.2) is 24.6 Å². The van der Waals surface area contributed by atoms with Crippen LogP contribution in [0.25, 0.3) is 0 Å². The Morgan fingerprint density at radius 2 is 1.93 bits per heavy atom. The van der Waals surface area contributed by atoms with Crippen molar-refractivity contribution in [3.05, 3.63) is 12.2 Å². The van der Waals surface area contributed by atoms with Crippen molar-refractivity contribution < 1.29 is 19.1 Å². The summed E-state index contributed by atoms with van der Waals surface area (Å²) in [6.45, 7) is 4.67. The Morgan fingerprint density at radius 3 is 2.36 bits per heavy atom. The molecule has 4 heteroatoms. The van der Waals surface area contributed by atoms with E-state index in [0.717, 1.165) is 6.42 Å². The summed E-state index contributed by atoms with van der Waals surface area (Å²) in [7, 11) is 0. The monoisotopic (exact) mass is 200 g/mol. The lowest BCUT2D eigenvalue weighted by Gasteiger charge is -2.12. The van der Waals surface area contributed by atoms with Gasteiger partial charge in [0.25, 0.3) is 0 Å². The van der Waals surface area contributed by atoms with Gasteiger partial charge in [0, 0.05) is 13.8 Å². The van der Waals surface area contributed by atoms with E-state index in [0.29, 0.717) is 0 Å². The molecule has 0 heterocycles. The fourth-order valence-electron chi connectivity index (χ4n) is 0.829. The van der Waals surface area contributed by atoms with E-state index in [1.165, 1.54) is 13.8 Å². The molecule has 0 saturated carbocycles. The fraction of sp³-hybridized carbons (Fsp3) is 0.600. The molecule has 0 N–H and O–H groups in total. The molecule has 4 nitrogen and oxygen atoms in total. The summed E-state index contributed by atoms with van der Waals surface area (Å²) >= 11 is 0. The third-order valence-electron chi connectivity index (χ3n) is 1.35. The number of rotatable bonds is 5. The normalized spacial score (nSPS) is 12.5. The highest BCUT2D eigenvalue weighted by atomic mass is 16.6. The molecule has 0 amide bonds. The SMILES string of the molecule is CC/C=C/C(COC(C)=O)OC(C)=O. The van der Waals surface area contributed by atoms with Crippen molar-refractivity contribution in [3.63, 3.8) is 0 Å². The van der Waals surface area contributed by atoms with Gasteiger partial charge in [-0.2, -0.15) is 0 Å². The third kappa shape index (κ3) is 7.34. The first-order valence-corrected chi connectivity index (χ1v) is 4.53. The first kappa shape index (κ1) is 12.7. The number of carbonyl (C=O) groups is 2. The molecule has 0 aromatic heterocycles. The standard InChI is InChI=1S/C10H16O4/c1-4-5-6-10(14-9(3)12)7-13-8(2)11/h5-6,10H,4,7H2,1-3H3/b6-5+. The Hall–Kier alpha value is -1.32. The number of esters is 2. The van der Waals surface area contributed by atoms with Crippen LogP contribution in [0.15, 0.2) is 12.2 Å². The quantitative estimate of drug-likeness (QED) is 0.498. The van der Waals surface area contributed by atoms with Gasteiger partial charge >= 0.3 is 11.9 Å². The zero-order valence-corrected chi connectivity index (χ0v) is 8.78. The molecule has 0 aliphatic rings. The summed E-state index contributed by atoms with van der Waals surface area (Å²) in [6, 6.07) is 0. The second-order valence-electron chi connectivity index (χ2n) is 2.79. The van der Waals surface area contributed by atoms with E-state index in [1.54, 1.807) is 6.08 Å². The van der Waals surface area contributed by atoms with Gasteiger partial charge in [-0.15, -0.1) is 0 Å². The lowest BCUT2D eigenvalue weighted by molar-refractivity contribution is -0.153. The largest absolute Gasteiger partial charge is 0.462 e. The van der Waals surface area contributed by atoms with E-state index >= 15 is 0 Å². The number of allylic oxidation sites excluding steroid dienone is 1. The van der Waals surface area contributed by atoms with Crippen LogP contribution in [0.3, 0.4) is 0 Å². The predicted molar refractivity (Wildman–Crippen MR) is 51.6 cm³/mol. The molecular weight excluding hydrogens is 184 g/mol. The zero-order valence-electron chi connectivity index (χ0n) is 8.78. The van der Waals surface area contributed by atoms with E-state index in [-0.39, 0.29) is 18.5 Å². The Kier molecular flexibility index (Phi) is 6.45. The van der Waals surface area contributed by atoms with Crippen LogP contribution in [-0.2, 0) is 19.1 Å². The molecule has 0 saturated heterocycles. The van der Waals surface area contributed by atoms with Crippen molar-refractivity contribution in [2.45, 2.75) is 33.3 Å². The van der Waals surface area contributed by atoms with Crippen molar-refractivity contribution in [3.8, 4) is 0 Å². The van der Waals surface area contributed by atoms with Crippen molar-refractivity contribution in [1.82, 2.24) is 0 Å². The van der Waals surface area contributed by atoms with Gasteiger partial charge in [0.2, 0.25) is 0 Å². The van der Waals surface area contributed by atoms with Crippen LogP contribution in [0, 0.1) is 0 Å². The van der Waals surface area contributed by atoms with Crippen LogP contribution in [0.5, 0.6) is 0 Å². The minimum absolute atomic E-state index is 0.0748. The van der Waals surface area contributed by atoms with E-state index in [1.807, 2.05) is 13.0 Å². The van der Waals surface area contributed by atoms with Crippen molar-refractivity contribution in [1.29, 1.82) is 0 Å². The van der Waals surface area contributed by atoms with Gasteiger partial charge in [0.1, 0.15) is 6.61 Å². The van der Waals surface area contributed by atoms with Gasteiger partial charge < -0.3 is 9.47 Å². The Labute approximate surface area is 83.9 Å². The number of ether oxygens (including phenoxy) is 2. The first-order valence-electron chi connectivity index (χ1n) is 4.53. The maximum Gasteiger partial charge on any atom is 0.303 e. The Morgan fingerprint density at radius 1 is 1.29 bits per heavy atom. The number of carbonyl (C=O) groups excluding carboxylic acids is 2. The molecule has 14 heavy (non-hydrogen) atoms. The summed E-state index contributed by atoms with van der Waals surface area (Å²) < 4.78 is 9.63. The maximum atomic E-state index is 10.7. The van der Waals surface area contributed by atoms with Crippen molar-refractivity contribution in [2.24, 2.45) is 0 Å². The minimum Gasteiger partial charge on any atom is -0.462 e. The smallest absolute Gasteiger partial charge is 0.303 e. The second-order valence-corrected chi connectivity index (χ2v) is 2.79. The highest BCUT2D eigenvalue weighted by Crippen LogP contribution is 1.98. The first-order chi connectivity index (χ1) is 6.56. The topological polar surface area (TPSA) is 52.6 Å². The van der Waals surface area contributed by atoms with E-state index in [2.05, 4.69) is 0 Å². The Bertz CT molecular complexity index is 220. The van der Waals surface area contributed by atoms with Gasteiger partial charge in [0.05, 0.1) is 0 Å². The van der Waals surface area contributed by atoms with Crippen LogP contribution in [0.1, 0.15) is 27.2 Å². The molecule has 0 spiro atoms. The summed E-state index contributed by atoms with van der Waals surface area (Å²) in [5, 5.41) is 0. The van der Waals surface area contributed by atoms with Crippen molar-refractivity contribution >= 4 is 11.9 Å². The number of hydrogen-bond donors (Lipinski definition) is 0. The third-order valence-corrected chi connectivity index (χ3v) is 1.35. The summed E-state index contributed by atoms with van der Waals surface area (Å²) in [5.74, 6) is -0.769. The molecular formula is C10H16O4. The van der Waals surface area contributed by atoms with Gasteiger partial charge in [-0.05, 0) is 12.5 Å². The second kappa shape index (κ2) is 7.12. The molecule has 0 radical (unpaired) electrons. The van der Waals surface area contributed by atoms with E-state index in [9.17, 15) is 9.59 Å². The average molecular weight is 200 g/mol. The molecule has 0 aromatic carbocycles. The molecule has 1 atom stereocenters. The molecule has 1 unspecified atom stereocenters. The lowest BCUT2D eigenvalue weighted by atomic mass is 10.3. The van der Waals surface area contributed by atoms with E-state index < -0.39 is 6.10 Å². The number of hydrogen-bond acceptors (Lipinski definition) is 4. The van der Waals surface area contributed by atoms with Gasteiger partial charge in [0.15, 0.2) is 6.10 Å². The fourth-order valence-corrected chi connectivity index (χ4v) is 0.829. The summed E-state index contributed by atoms with van der Waals surface area (Å²) in [5.41, 5.74) is 0. The van der Waals surface area contributed by atoms with Gasteiger partial charge in [-0.25, -0.2) is 0 Å².